The van der Waals surface area contributed by atoms with Gasteiger partial charge >= 0.3 is 0 Å². The molecule has 1 aromatic carbocycles. The van der Waals surface area contributed by atoms with Gasteiger partial charge in [-0.1, -0.05) is 37.0 Å². The number of anilines is 1. The van der Waals surface area contributed by atoms with Gasteiger partial charge in [-0.25, -0.2) is 0 Å². The number of hydrogen-bond acceptors (Lipinski definition) is 3. The molecule has 2 amide bonds. The molecule has 3 rings (SSSR count). The second-order valence-electron chi connectivity index (χ2n) is 7.07. The Labute approximate surface area is 168 Å². The Morgan fingerprint density at radius 3 is 2.70 bits per heavy atom. The van der Waals surface area contributed by atoms with Crippen molar-refractivity contribution < 1.29 is 9.59 Å². The molecule has 1 atom stereocenters. The van der Waals surface area contributed by atoms with Crippen LogP contribution >= 0.6 is 23.2 Å². The molecule has 1 saturated heterocycles. The molecule has 1 aliphatic heterocycles. The Balaban J connectivity index is 1.64. The van der Waals surface area contributed by atoms with Crippen molar-refractivity contribution in [2.24, 2.45) is 5.92 Å². The van der Waals surface area contributed by atoms with Crippen molar-refractivity contribution in [3.8, 4) is 0 Å². The summed E-state index contributed by atoms with van der Waals surface area (Å²) in [5, 5.41) is 10.6. The number of amides is 2. The Bertz CT molecular complexity index is 850. The number of likely N-dealkylation sites (tertiary alicyclic amines) is 1. The summed E-state index contributed by atoms with van der Waals surface area (Å²) in [5.74, 6) is 0.273. The summed E-state index contributed by atoms with van der Waals surface area (Å²) >= 11 is 11.9. The molecule has 1 unspecified atom stereocenters. The Morgan fingerprint density at radius 2 is 2.04 bits per heavy atom. The highest BCUT2D eigenvalue weighted by molar-refractivity contribution is 6.42. The van der Waals surface area contributed by atoms with Crippen molar-refractivity contribution in [2.45, 2.75) is 32.6 Å². The second kappa shape index (κ2) is 8.31. The van der Waals surface area contributed by atoms with E-state index in [4.69, 9.17) is 23.2 Å². The van der Waals surface area contributed by atoms with E-state index in [2.05, 4.69) is 15.5 Å². The van der Waals surface area contributed by atoms with Gasteiger partial charge in [0.1, 0.15) is 0 Å². The molecule has 2 heterocycles. The third-order valence-electron chi connectivity index (χ3n) is 4.72. The molecule has 0 aliphatic carbocycles. The number of nitrogens with one attached hydrogen (secondary N) is 2. The first-order chi connectivity index (χ1) is 12.8. The molecule has 1 fully saturated rings. The summed E-state index contributed by atoms with van der Waals surface area (Å²) in [7, 11) is 0. The summed E-state index contributed by atoms with van der Waals surface area (Å²) in [6, 6.07) is 6.66. The molecule has 144 valence electrons. The largest absolute Gasteiger partial charge is 0.338 e. The van der Waals surface area contributed by atoms with Crippen molar-refractivity contribution in [1.82, 2.24) is 15.1 Å². The number of piperidine rings is 1. The van der Waals surface area contributed by atoms with Gasteiger partial charge in [-0.3, -0.25) is 14.7 Å². The second-order valence-corrected chi connectivity index (χ2v) is 7.89. The zero-order valence-corrected chi connectivity index (χ0v) is 16.8. The van der Waals surface area contributed by atoms with E-state index >= 15 is 0 Å². The first-order valence-electron chi connectivity index (χ1n) is 8.95. The zero-order chi connectivity index (χ0) is 19.6. The van der Waals surface area contributed by atoms with Crippen molar-refractivity contribution in [3.05, 3.63) is 45.6 Å². The molecule has 0 radical (unpaired) electrons. The molecular formula is C19H22Cl2N4O2. The summed E-state index contributed by atoms with van der Waals surface area (Å²) in [6.07, 6.45) is 1.50. The van der Waals surface area contributed by atoms with E-state index in [-0.39, 0.29) is 17.7 Å². The lowest BCUT2D eigenvalue weighted by Crippen LogP contribution is -2.43. The van der Waals surface area contributed by atoms with Crippen LogP contribution in [0.25, 0.3) is 0 Å². The summed E-state index contributed by atoms with van der Waals surface area (Å²) in [6.45, 7) is 5.08. The van der Waals surface area contributed by atoms with Crippen molar-refractivity contribution >= 4 is 40.8 Å². The van der Waals surface area contributed by atoms with Crippen LogP contribution in [0.15, 0.2) is 24.3 Å². The van der Waals surface area contributed by atoms with Crippen LogP contribution < -0.4 is 5.32 Å². The molecule has 0 spiro atoms. The highest BCUT2D eigenvalue weighted by Crippen LogP contribution is 2.25. The molecule has 2 N–H and O–H groups in total. The normalized spacial score (nSPS) is 17.2. The van der Waals surface area contributed by atoms with Crippen LogP contribution in [0.3, 0.4) is 0 Å². The Hall–Kier alpha value is -2.05. The van der Waals surface area contributed by atoms with Crippen LogP contribution in [0.2, 0.25) is 10.0 Å². The smallest absolute Gasteiger partial charge is 0.253 e. The standard InChI is InChI=1S/C19H22Cl2N4O2/c1-11(2)16-9-17(24-23-16)22-18(26)13-4-3-7-25(10-13)19(27)12-5-6-14(20)15(21)8-12/h5-6,8-9,11,13H,3-4,7,10H2,1-2H3,(H2,22,23,24,26). The summed E-state index contributed by atoms with van der Waals surface area (Å²) in [4.78, 5) is 27.0. The minimum Gasteiger partial charge on any atom is -0.338 e. The number of H-pyrrole nitrogens is 1. The average molecular weight is 409 g/mol. The predicted molar refractivity (Wildman–Crippen MR) is 106 cm³/mol. The SMILES string of the molecule is CC(C)c1cc(NC(=O)C2CCCN(C(=O)c3ccc(Cl)c(Cl)c3)C2)n[nH]1. The third-order valence-corrected chi connectivity index (χ3v) is 5.46. The number of rotatable bonds is 4. The minimum atomic E-state index is -0.273. The third kappa shape index (κ3) is 4.62. The van der Waals surface area contributed by atoms with Gasteiger partial charge in [0.15, 0.2) is 5.82 Å². The maximum Gasteiger partial charge on any atom is 0.253 e. The van der Waals surface area contributed by atoms with E-state index < -0.39 is 0 Å². The van der Waals surface area contributed by atoms with Crippen LogP contribution in [0.5, 0.6) is 0 Å². The summed E-state index contributed by atoms with van der Waals surface area (Å²) in [5.41, 5.74) is 1.43. The number of hydrogen-bond donors (Lipinski definition) is 2. The molecule has 27 heavy (non-hydrogen) atoms. The van der Waals surface area contributed by atoms with E-state index in [9.17, 15) is 9.59 Å². The van der Waals surface area contributed by atoms with Gasteiger partial charge in [0, 0.05) is 30.4 Å². The first-order valence-corrected chi connectivity index (χ1v) is 9.71. The number of aromatic nitrogens is 2. The van der Waals surface area contributed by atoms with Gasteiger partial charge in [0.2, 0.25) is 5.91 Å². The first kappa shape index (κ1) is 19.7. The van der Waals surface area contributed by atoms with Gasteiger partial charge in [-0.2, -0.15) is 5.10 Å². The maximum atomic E-state index is 12.7. The van der Waals surface area contributed by atoms with Crippen LogP contribution in [-0.4, -0.2) is 40.0 Å². The van der Waals surface area contributed by atoms with Gasteiger partial charge in [-0.05, 0) is 37.0 Å². The lowest BCUT2D eigenvalue weighted by atomic mass is 9.96. The summed E-state index contributed by atoms with van der Waals surface area (Å²) < 4.78 is 0. The Morgan fingerprint density at radius 1 is 1.26 bits per heavy atom. The van der Waals surface area contributed by atoms with E-state index in [0.29, 0.717) is 40.4 Å². The fourth-order valence-corrected chi connectivity index (χ4v) is 3.41. The molecule has 0 saturated carbocycles. The van der Waals surface area contributed by atoms with E-state index in [1.54, 1.807) is 23.1 Å². The minimum absolute atomic E-state index is 0.122. The number of benzene rings is 1. The molecule has 2 aromatic rings. The van der Waals surface area contributed by atoms with Crippen molar-refractivity contribution in [2.75, 3.05) is 18.4 Å². The van der Waals surface area contributed by atoms with E-state index in [1.165, 1.54) is 0 Å². The van der Waals surface area contributed by atoms with E-state index in [1.807, 2.05) is 19.9 Å². The highest BCUT2D eigenvalue weighted by atomic mass is 35.5. The van der Waals surface area contributed by atoms with Gasteiger partial charge in [-0.15, -0.1) is 0 Å². The van der Waals surface area contributed by atoms with Crippen LogP contribution in [-0.2, 0) is 4.79 Å². The van der Waals surface area contributed by atoms with Gasteiger partial charge in [0.05, 0.1) is 16.0 Å². The zero-order valence-electron chi connectivity index (χ0n) is 15.3. The number of halogens is 2. The van der Waals surface area contributed by atoms with Crippen molar-refractivity contribution in [1.29, 1.82) is 0 Å². The predicted octanol–water partition coefficient (Wildman–Crippen LogP) is 4.33. The molecule has 8 heteroatoms. The van der Waals surface area contributed by atoms with Crippen LogP contribution in [0.1, 0.15) is 48.7 Å². The number of carbonyl (C=O) groups is 2. The number of nitrogens with zero attached hydrogens (tertiary/aromatic N) is 2. The maximum absolute atomic E-state index is 12.7. The molecule has 1 aromatic heterocycles. The molecular weight excluding hydrogens is 387 g/mol. The Kier molecular flexibility index (Phi) is 6.07. The van der Waals surface area contributed by atoms with Crippen LogP contribution in [0, 0.1) is 5.92 Å². The average Bonchev–Trinajstić information content (AvgIpc) is 3.12. The highest BCUT2D eigenvalue weighted by Gasteiger charge is 2.29. The monoisotopic (exact) mass is 408 g/mol. The lowest BCUT2D eigenvalue weighted by Gasteiger charge is -2.32. The van der Waals surface area contributed by atoms with Crippen molar-refractivity contribution in [3.63, 3.8) is 0 Å². The van der Waals surface area contributed by atoms with Gasteiger partial charge in [0.25, 0.3) is 5.91 Å². The molecule has 1 aliphatic rings. The molecule has 0 bridgehead atoms. The number of carbonyl (C=O) groups excluding carboxylic acids is 2. The quantitative estimate of drug-likeness (QED) is 0.789. The van der Waals surface area contributed by atoms with Crippen LogP contribution in [0.4, 0.5) is 5.82 Å². The fraction of sp³-hybridized carbons (Fsp3) is 0.421. The topological polar surface area (TPSA) is 78.1 Å². The van der Waals surface area contributed by atoms with Gasteiger partial charge < -0.3 is 10.2 Å². The van der Waals surface area contributed by atoms with E-state index in [0.717, 1.165) is 18.5 Å². The number of aromatic amines is 1. The fourth-order valence-electron chi connectivity index (χ4n) is 3.11. The molecule has 6 nitrogen and oxygen atoms in total. The lowest BCUT2D eigenvalue weighted by molar-refractivity contribution is -0.121.